The number of nitrogens with one attached hydrogen (secondary N) is 1. The Bertz CT molecular complexity index is 645. The number of halogens is 1. The van der Waals surface area contributed by atoms with Crippen LogP contribution < -0.4 is 5.32 Å². The van der Waals surface area contributed by atoms with E-state index in [9.17, 15) is 4.79 Å². The lowest BCUT2D eigenvalue weighted by molar-refractivity contribution is 0.129. The van der Waals surface area contributed by atoms with Crippen molar-refractivity contribution in [2.75, 3.05) is 11.9 Å². The minimum atomic E-state index is -0.178. The number of furan rings is 1. The number of likely N-dealkylation sites (tertiary alicyclic amines) is 1. The van der Waals surface area contributed by atoms with Crippen LogP contribution in [0.25, 0.3) is 0 Å². The number of urea groups is 1. The molecule has 3 heterocycles. The van der Waals surface area contributed by atoms with Gasteiger partial charge in [-0.3, -0.25) is 0 Å². The van der Waals surface area contributed by atoms with Gasteiger partial charge in [0.2, 0.25) is 0 Å². The SMILES string of the molecule is C[C@@H]1CCN(C(=O)Nc2cccnc2Cl)[C@@H](c2ccco2)C1. The minimum absolute atomic E-state index is 0.0470. The van der Waals surface area contributed by atoms with Crippen molar-refractivity contribution < 1.29 is 9.21 Å². The van der Waals surface area contributed by atoms with E-state index in [1.165, 1.54) is 0 Å². The predicted molar refractivity (Wildman–Crippen MR) is 84.8 cm³/mol. The van der Waals surface area contributed by atoms with Gasteiger partial charge < -0.3 is 14.6 Å². The summed E-state index contributed by atoms with van der Waals surface area (Å²) in [4.78, 5) is 18.4. The Labute approximate surface area is 134 Å². The molecule has 0 aliphatic carbocycles. The van der Waals surface area contributed by atoms with E-state index in [0.717, 1.165) is 18.6 Å². The van der Waals surface area contributed by atoms with Gasteiger partial charge in [-0.15, -0.1) is 0 Å². The molecule has 6 heteroatoms. The first-order valence-corrected chi connectivity index (χ1v) is 7.74. The molecule has 3 rings (SSSR count). The van der Waals surface area contributed by atoms with E-state index in [1.54, 1.807) is 24.6 Å². The fraction of sp³-hybridized carbons (Fsp3) is 0.375. The molecular weight excluding hydrogens is 302 g/mol. The third-order valence-corrected chi connectivity index (χ3v) is 4.30. The van der Waals surface area contributed by atoms with E-state index in [4.69, 9.17) is 16.0 Å². The topological polar surface area (TPSA) is 58.4 Å². The van der Waals surface area contributed by atoms with Gasteiger partial charge in [-0.05, 0) is 43.0 Å². The number of hydrogen-bond acceptors (Lipinski definition) is 3. The van der Waals surface area contributed by atoms with Crippen LogP contribution >= 0.6 is 11.6 Å². The molecule has 1 aliphatic heterocycles. The van der Waals surface area contributed by atoms with E-state index >= 15 is 0 Å². The van der Waals surface area contributed by atoms with Crippen molar-refractivity contribution in [2.24, 2.45) is 5.92 Å². The average Bonchev–Trinajstić information content (AvgIpc) is 3.03. The van der Waals surface area contributed by atoms with Crippen LogP contribution in [0.1, 0.15) is 31.6 Å². The highest BCUT2D eigenvalue weighted by Gasteiger charge is 2.32. The molecule has 0 saturated carbocycles. The van der Waals surface area contributed by atoms with Gasteiger partial charge >= 0.3 is 6.03 Å². The fourth-order valence-electron chi connectivity index (χ4n) is 2.80. The summed E-state index contributed by atoms with van der Waals surface area (Å²) >= 11 is 6.00. The first-order valence-electron chi connectivity index (χ1n) is 7.36. The zero-order valence-electron chi connectivity index (χ0n) is 12.3. The summed E-state index contributed by atoms with van der Waals surface area (Å²) in [5.74, 6) is 1.38. The second-order valence-electron chi connectivity index (χ2n) is 5.63. The molecule has 2 atom stereocenters. The normalized spacial score (nSPS) is 21.6. The van der Waals surface area contributed by atoms with E-state index in [0.29, 0.717) is 18.2 Å². The molecule has 1 N–H and O–H groups in total. The maximum absolute atomic E-state index is 12.6. The second kappa shape index (κ2) is 6.40. The Balaban J connectivity index is 1.79. The van der Waals surface area contributed by atoms with Gasteiger partial charge in [0.05, 0.1) is 18.0 Å². The predicted octanol–water partition coefficient (Wildman–Crippen LogP) is 4.33. The summed E-state index contributed by atoms with van der Waals surface area (Å²) in [5.41, 5.74) is 0.519. The van der Waals surface area contributed by atoms with Gasteiger partial charge in [0, 0.05) is 12.7 Å². The summed E-state index contributed by atoms with van der Waals surface area (Å²) in [6.45, 7) is 2.89. The highest BCUT2D eigenvalue weighted by molar-refractivity contribution is 6.32. The molecular formula is C16H18ClN3O2. The summed E-state index contributed by atoms with van der Waals surface area (Å²) in [6, 6.07) is 7.02. The number of nitrogens with zero attached hydrogens (tertiary/aromatic N) is 2. The fourth-order valence-corrected chi connectivity index (χ4v) is 2.97. The van der Waals surface area contributed by atoms with Crippen LogP contribution in [0.3, 0.4) is 0 Å². The number of carbonyl (C=O) groups excluding carboxylic acids is 1. The van der Waals surface area contributed by atoms with Gasteiger partial charge in [0.15, 0.2) is 5.15 Å². The van der Waals surface area contributed by atoms with Crippen LogP contribution in [0.2, 0.25) is 5.15 Å². The second-order valence-corrected chi connectivity index (χ2v) is 5.98. The van der Waals surface area contributed by atoms with Gasteiger partial charge in [0.1, 0.15) is 5.76 Å². The molecule has 1 saturated heterocycles. The Morgan fingerprint density at radius 2 is 2.32 bits per heavy atom. The summed E-state index contributed by atoms with van der Waals surface area (Å²) in [6.07, 6.45) is 5.10. The summed E-state index contributed by atoms with van der Waals surface area (Å²) in [5, 5.41) is 3.13. The molecule has 1 fully saturated rings. The molecule has 5 nitrogen and oxygen atoms in total. The Morgan fingerprint density at radius 3 is 3.05 bits per heavy atom. The van der Waals surface area contributed by atoms with Crippen LogP contribution in [0.5, 0.6) is 0 Å². The van der Waals surface area contributed by atoms with Crippen molar-refractivity contribution in [3.63, 3.8) is 0 Å². The van der Waals surface area contributed by atoms with Crippen molar-refractivity contribution in [3.05, 3.63) is 47.6 Å². The van der Waals surface area contributed by atoms with Gasteiger partial charge in [-0.2, -0.15) is 0 Å². The third kappa shape index (κ3) is 3.09. The quantitative estimate of drug-likeness (QED) is 0.838. The molecule has 0 aromatic carbocycles. The zero-order chi connectivity index (χ0) is 15.5. The van der Waals surface area contributed by atoms with Gasteiger partial charge in [0.25, 0.3) is 0 Å². The van der Waals surface area contributed by atoms with Crippen molar-refractivity contribution in [1.29, 1.82) is 0 Å². The van der Waals surface area contributed by atoms with Gasteiger partial charge in [-0.1, -0.05) is 18.5 Å². The first-order chi connectivity index (χ1) is 10.6. The van der Waals surface area contributed by atoms with E-state index < -0.39 is 0 Å². The Morgan fingerprint density at radius 1 is 1.45 bits per heavy atom. The maximum Gasteiger partial charge on any atom is 0.322 e. The van der Waals surface area contributed by atoms with Crippen LogP contribution in [0, 0.1) is 5.92 Å². The Kier molecular flexibility index (Phi) is 4.34. The monoisotopic (exact) mass is 319 g/mol. The number of piperidine rings is 1. The zero-order valence-corrected chi connectivity index (χ0v) is 13.1. The molecule has 0 bridgehead atoms. The van der Waals surface area contributed by atoms with Crippen molar-refractivity contribution in [2.45, 2.75) is 25.8 Å². The van der Waals surface area contributed by atoms with Crippen molar-refractivity contribution >= 4 is 23.3 Å². The number of anilines is 1. The van der Waals surface area contributed by atoms with Crippen molar-refractivity contribution in [1.82, 2.24) is 9.88 Å². The van der Waals surface area contributed by atoms with Crippen LogP contribution in [-0.2, 0) is 0 Å². The van der Waals surface area contributed by atoms with Crippen LogP contribution in [-0.4, -0.2) is 22.5 Å². The summed E-state index contributed by atoms with van der Waals surface area (Å²) < 4.78 is 5.52. The molecule has 0 spiro atoms. The molecule has 22 heavy (non-hydrogen) atoms. The van der Waals surface area contributed by atoms with E-state index in [2.05, 4.69) is 17.2 Å². The minimum Gasteiger partial charge on any atom is -0.467 e. The van der Waals surface area contributed by atoms with Crippen molar-refractivity contribution in [3.8, 4) is 0 Å². The van der Waals surface area contributed by atoms with Crippen LogP contribution in [0.15, 0.2) is 41.1 Å². The largest absolute Gasteiger partial charge is 0.467 e. The maximum atomic E-state index is 12.6. The van der Waals surface area contributed by atoms with Crippen LogP contribution in [0.4, 0.5) is 10.5 Å². The number of hydrogen-bond donors (Lipinski definition) is 1. The number of aromatic nitrogens is 1. The van der Waals surface area contributed by atoms with E-state index in [-0.39, 0.29) is 17.2 Å². The Hall–Kier alpha value is -2.01. The third-order valence-electron chi connectivity index (χ3n) is 4.00. The lowest BCUT2D eigenvalue weighted by Crippen LogP contribution is -2.42. The molecule has 0 unspecified atom stereocenters. The van der Waals surface area contributed by atoms with E-state index in [1.807, 2.05) is 17.0 Å². The van der Waals surface area contributed by atoms with Gasteiger partial charge in [-0.25, -0.2) is 9.78 Å². The molecule has 2 amide bonds. The highest BCUT2D eigenvalue weighted by atomic mass is 35.5. The average molecular weight is 320 g/mol. The number of carbonyl (C=O) groups is 1. The number of pyridine rings is 1. The summed E-state index contributed by atoms with van der Waals surface area (Å²) in [7, 11) is 0. The molecule has 0 radical (unpaired) electrons. The first kappa shape index (κ1) is 14.9. The molecule has 1 aliphatic rings. The molecule has 116 valence electrons. The lowest BCUT2D eigenvalue weighted by atomic mass is 9.91. The lowest BCUT2D eigenvalue weighted by Gasteiger charge is -2.37. The number of amides is 2. The molecule has 2 aromatic heterocycles. The smallest absolute Gasteiger partial charge is 0.322 e. The standard InChI is InChI=1S/C16H18ClN3O2/c1-11-6-8-20(13(10-11)14-5-3-9-22-14)16(21)19-12-4-2-7-18-15(12)17/h2-5,7,9,11,13H,6,8,10H2,1H3,(H,19,21)/t11-,13-/m1/s1. The molecule has 2 aromatic rings. The number of rotatable bonds is 2. The highest BCUT2D eigenvalue weighted by Crippen LogP contribution is 2.34.